The summed E-state index contributed by atoms with van der Waals surface area (Å²) < 4.78 is 0. The van der Waals surface area contributed by atoms with E-state index in [1.54, 1.807) is 0 Å². The van der Waals surface area contributed by atoms with Crippen molar-refractivity contribution in [1.82, 2.24) is 5.48 Å². The molecule has 2 nitrogen and oxygen atoms in total. The van der Waals surface area contributed by atoms with Crippen molar-refractivity contribution in [2.75, 3.05) is 24.7 Å². The predicted octanol–water partition coefficient (Wildman–Crippen LogP) is 0.894. The fraction of sp³-hybridized carbons (Fsp3) is 0.714. The van der Waals surface area contributed by atoms with Gasteiger partial charge < -0.3 is 0 Å². The highest BCUT2D eigenvalue weighted by Crippen LogP contribution is 1.94. The lowest BCUT2D eigenvalue weighted by atomic mass is 10.8. The minimum absolute atomic E-state index is 0.344. The standard InChI is InChI=1S/C7H13NOS/c1-3-6-9-8-5-7-10-4-2/h1,8H,4-7H2,2H3. The molecule has 0 bridgehead atoms. The fourth-order valence-corrected chi connectivity index (χ4v) is 0.939. The van der Waals surface area contributed by atoms with E-state index >= 15 is 0 Å². The van der Waals surface area contributed by atoms with Gasteiger partial charge in [-0.2, -0.15) is 11.8 Å². The number of thioether (sulfide) groups is 1. The van der Waals surface area contributed by atoms with Gasteiger partial charge in [0.2, 0.25) is 0 Å². The molecule has 0 unspecified atom stereocenters. The molecule has 0 aliphatic heterocycles. The highest BCUT2D eigenvalue weighted by Gasteiger charge is 1.84. The molecule has 0 saturated carbocycles. The number of rotatable bonds is 6. The van der Waals surface area contributed by atoms with E-state index in [2.05, 4.69) is 18.3 Å². The van der Waals surface area contributed by atoms with E-state index < -0.39 is 0 Å². The van der Waals surface area contributed by atoms with Gasteiger partial charge in [-0.25, -0.2) is 5.48 Å². The average molecular weight is 159 g/mol. The second-order valence-corrected chi connectivity index (χ2v) is 2.98. The van der Waals surface area contributed by atoms with E-state index in [0.29, 0.717) is 6.61 Å². The number of terminal acetylenes is 1. The monoisotopic (exact) mass is 159 g/mol. The molecule has 0 aromatic carbocycles. The molecule has 0 radical (unpaired) electrons. The molecular formula is C7H13NOS. The highest BCUT2D eigenvalue weighted by atomic mass is 32.2. The second-order valence-electron chi connectivity index (χ2n) is 1.58. The summed E-state index contributed by atoms with van der Waals surface area (Å²) in [5.74, 6) is 4.59. The van der Waals surface area contributed by atoms with Crippen LogP contribution in [0.25, 0.3) is 0 Å². The normalized spacial score (nSPS) is 9.20. The van der Waals surface area contributed by atoms with Gasteiger partial charge in [0.15, 0.2) is 0 Å². The lowest BCUT2D eigenvalue weighted by Gasteiger charge is -2.00. The van der Waals surface area contributed by atoms with Gasteiger partial charge in [0.25, 0.3) is 0 Å². The minimum atomic E-state index is 0.344. The van der Waals surface area contributed by atoms with E-state index in [0.717, 1.165) is 18.1 Å². The Morgan fingerprint density at radius 2 is 2.50 bits per heavy atom. The first-order valence-corrected chi connectivity index (χ1v) is 4.43. The van der Waals surface area contributed by atoms with Gasteiger partial charge in [0.1, 0.15) is 6.61 Å². The van der Waals surface area contributed by atoms with Crippen molar-refractivity contribution in [3.05, 3.63) is 0 Å². The van der Waals surface area contributed by atoms with E-state index in [4.69, 9.17) is 11.3 Å². The Labute approximate surface area is 66.7 Å². The van der Waals surface area contributed by atoms with Crippen molar-refractivity contribution in [1.29, 1.82) is 0 Å². The third kappa shape index (κ3) is 7.83. The van der Waals surface area contributed by atoms with E-state index in [9.17, 15) is 0 Å². The average Bonchev–Trinajstić information content (AvgIpc) is 1.97. The third-order valence-corrected chi connectivity index (χ3v) is 1.71. The molecule has 0 rings (SSSR count). The Morgan fingerprint density at radius 3 is 3.10 bits per heavy atom. The quantitative estimate of drug-likeness (QED) is 0.353. The van der Waals surface area contributed by atoms with Crippen LogP contribution >= 0.6 is 11.8 Å². The van der Waals surface area contributed by atoms with Crippen molar-refractivity contribution in [3.8, 4) is 12.3 Å². The summed E-state index contributed by atoms with van der Waals surface area (Å²) in [5, 5.41) is 0. The summed E-state index contributed by atoms with van der Waals surface area (Å²) in [4.78, 5) is 4.83. The van der Waals surface area contributed by atoms with Gasteiger partial charge in [0, 0.05) is 12.3 Å². The number of hydrogen-bond donors (Lipinski definition) is 1. The number of hydroxylamine groups is 1. The van der Waals surface area contributed by atoms with Gasteiger partial charge in [-0.3, -0.25) is 4.84 Å². The molecule has 0 aliphatic carbocycles. The van der Waals surface area contributed by atoms with Gasteiger partial charge in [0.05, 0.1) is 0 Å². The van der Waals surface area contributed by atoms with Crippen molar-refractivity contribution in [2.45, 2.75) is 6.92 Å². The summed E-state index contributed by atoms with van der Waals surface area (Å²) in [5.41, 5.74) is 2.76. The van der Waals surface area contributed by atoms with Crippen LogP contribution in [0.4, 0.5) is 0 Å². The Morgan fingerprint density at radius 1 is 1.70 bits per heavy atom. The van der Waals surface area contributed by atoms with Crippen molar-refractivity contribution >= 4 is 11.8 Å². The molecule has 0 heterocycles. The van der Waals surface area contributed by atoms with Crippen molar-refractivity contribution in [2.24, 2.45) is 0 Å². The minimum Gasteiger partial charge on any atom is -0.289 e. The van der Waals surface area contributed by atoms with E-state index in [1.165, 1.54) is 0 Å². The zero-order valence-electron chi connectivity index (χ0n) is 6.22. The Balaban J connectivity index is 2.72. The first-order valence-electron chi connectivity index (χ1n) is 3.27. The maximum absolute atomic E-state index is 4.95. The second kappa shape index (κ2) is 8.83. The first kappa shape index (κ1) is 9.83. The maximum Gasteiger partial charge on any atom is 0.128 e. The Kier molecular flexibility index (Phi) is 8.68. The molecule has 58 valence electrons. The van der Waals surface area contributed by atoms with Gasteiger partial charge in [-0.05, 0) is 5.75 Å². The fourth-order valence-electron chi connectivity index (χ4n) is 0.423. The van der Waals surface area contributed by atoms with Crippen LogP contribution < -0.4 is 5.48 Å². The molecule has 0 fully saturated rings. The van der Waals surface area contributed by atoms with Crippen molar-refractivity contribution < 1.29 is 4.84 Å². The lowest BCUT2D eigenvalue weighted by molar-refractivity contribution is 0.0710. The topological polar surface area (TPSA) is 21.3 Å². The van der Waals surface area contributed by atoms with Crippen LogP contribution in [0.3, 0.4) is 0 Å². The molecule has 0 spiro atoms. The smallest absolute Gasteiger partial charge is 0.128 e. The Bertz CT molecular complexity index is 100. The van der Waals surface area contributed by atoms with Crippen LogP contribution in [0.15, 0.2) is 0 Å². The van der Waals surface area contributed by atoms with E-state index in [-0.39, 0.29) is 0 Å². The third-order valence-electron chi connectivity index (χ3n) is 0.810. The SMILES string of the molecule is C#CCONCCSCC. The van der Waals surface area contributed by atoms with E-state index in [1.807, 2.05) is 11.8 Å². The predicted molar refractivity (Wildman–Crippen MR) is 45.8 cm³/mol. The zero-order chi connectivity index (χ0) is 7.66. The molecule has 0 aromatic heterocycles. The summed E-state index contributed by atoms with van der Waals surface area (Å²) in [6.45, 7) is 3.34. The van der Waals surface area contributed by atoms with Gasteiger partial charge in [-0.1, -0.05) is 12.8 Å². The molecule has 0 aliphatic rings. The summed E-state index contributed by atoms with van der Waals surface area (Å²) >= 11 is 1.87. The molecule has 0 atom stereocenters. The van der Waals surface area contributed by atoms with Gasteiger partial charge in [-0.15, -0.1) is 6.42 Å². The maximum atomic E-state index is 4.95. The molecular weight excluding hydrogens is 146 g/mol. The molecule has 0 aromatic rings. The molecule has 0 amide bonds. The largest absolute Gasteiger partial charge is 0.289 e. The first-order chi connectivity index (χ1) is 4.91. The van der Waals surface area contributed by atoms with Crippen LogP contribution in [-0.4, -0.2) is 24.7 Å². The lowest BCUT2D eigenvalue weighted by Crippen LogP contribution is -2.17. The number of hydrogen-bond acceptors (Lipinski definition) is 3. The molecule has 10 heavy (non-hydrogen) atoms. The summed E-state index contributed by atoms with van der Waals surface area (Å²) in [6, 6.07) is 0. The molecule has 0 saturated heterocycles. The Hall–Kier alpha value is -0.170. The van der Waals surface area contributed by atoms with Crippen LogP contribution in [0, 0.1) is 12.3 Å². The summed E-state index contributed by atoms with van der Waals surface area (Å²) in [6.07, 6.45) is 4.95. The van der Waals surface area contributed by atoms with Crippen LogP contribution in [0.1, 0.15) is 6.92 Å². The zero-order valence-corrected chi connectivity index (χ0v) is 7.04. The van der Waals surface area contributed by atoms with Crippen molar-refractivity contribution in [3.63, 3.8) is 0 Å². The van der Waals surface area contributed by atoms with Crippen LogP contribution in [-0.2, 0) is 4.84 Å². The molecule has 3 heteroatoms. The number of nitrogens with one attached hydrogen (secondary N) is 1. The van der Waals surface area contributed by atoms with Crippen LogP contribution in [0.5, 0.6) is 0 Å². The molecule has 1 N–H and O–H groups in total. The summed E-state index contributed by atoms with van der Waals surface area (Å²) in [7, 11) is 0. The van der Waals surface area contributed by atoms with Crippen LogP contribution in [0.2, 0.25) is 0 Å². The highest BCUT2D eigenvalue weighted by molar-refractivity contribution is 7.99. The van der Waals surface area contributed by atoms with Gasteiger partial charge >= 0.3 is 0 Å².